The van der Waals surface area contributed by atoms with Crippen LogP contribution in [0.5, 0.6) is 0 Å². The molecule has 132 valence electrons. The molecule has 0 aromatic heterocycles. The van der Waals surface area contributed by atoms with Gasteiger partial charge >= 0.3 is 0 Å². The van der Waals surface area contributed by atoms with Crippen LogP contribution in [-0.2, 0) is 9.47 Å². The van der Waals surface area contributed by atoms with Crippen molar-refractivity contribution in [2.24, 2.45) is 4.99 Å². The second-order valence-electron chi connectivity index (χ2n) is 5.39. The molecule has 0 amide bonds. The number of likely N-dealkylation sites (N-methyl/N-ethyl adjacent to an activating group) is 1. The van der Waals surface area contributed by atoms with Gasteiger partial charge in [-0.05, 0) is 32.9 Å². The van der Waals surface area contributed by atoms with Crippen LogP contribution in [-0.4, -0.2) is 77.1 Å². The maximum absolute atomic E-state index is 5.63. The molecule has 7 heteroatoms. The number of halogens is 1. The van der Waals surface area contributed by atoms with Gasteiger partial charge < -0.3 is 25.0 Å². The number of aliphatic imine (C=N–C) groups is 1. The van der Waals surface area contributed by atoms with E-state index in [1.807, 2.05) is 0 Å². The number of guanidine groups is 1. The van der Waals surface area contributed by atoms with Crippen molar-refractivity contribution in [3.8, 4) is 0 Å². The molecule has 1 rings (SSSR count). The van der Waals surface area contributed by atoms with Crippen LogP contribution in [0.1, 0.15) is 26.2 Å². The molecule has 1 aliphatic rings. The molecular formula is C15H33IN4O2. The predicted octanol–water partition coefficient (Wildman–Crippen LogP) is 1.31. The Balaban J connectivity index is 0.00000441. The molecule has 1 atom stereocenters. The summed E-state index contributed by atoms with van der Waals surface area (Å²) in [6.45, 7) is 8.40. The Bertz CT molecular complexity index is 287. The van der Waals surface area contributed by atoms with E-state index in [4.69, 9.17) is 9.47 Å². The topological polar surface area (TPSA) is 58.1 Å². The summed E-state index contributed by atoms with van der Waals surface area (Å²) in [7, 11) is 3.91. The van der Waals surface area contributed by atoms with Gasteiger partial charge in [-0.3, -0.25) is 4.99 Å². The maximum atomic E-state index is 5.63. The van der Waals surface area contributed by atoms with Crippen LogP contribution < -0.4 is 10.6 Å². The van der Waals surface area contributed by atoms with Gasteiger partial charge in [-0.15, -0.1) is 24.0 Å². The van der Waals surface area contributed by atoms with E-state index in [0.29, 0.717) is 6.10 Å². The van der Waals surface area contributed by atoms with Crippen molar-refractivity contribution in [1.29, 1.82) is 0 Å². The zero-order valence-corrected chi connectivity index (χ0v) is 16.6. The lowest BCUT2D eigenvalue weighted by Crippen LogP contribution is -2.41. The molecule has 1 saturated heterocycles. The van der Waals surface area contributed by atoms with E-state index < -0.39 is 0 Å². The summed E-state index contributed by atoms with van der Waals surface area (Å²) in [6.07, 6.45) is 3.61. The molecule has 0 bridgehead atoms. The zero-order valence-electron chi connectivity index (χ0n) is 14.3. The number of nitrogens with one attached hydrogen (secondary N) is 2. The smallest absolute Gasteiger partial charge is 0.191 e. The first kappa shape index (κ1) is 21.9. The largest absolute Gasteiger partial charge is 0.379 e. The third-order valence-electron chi connectivity index (χ3n) is 3.64. The Hall–Kier alpha value is -0.120. The van der Waals surface area contributed by atoms with E-state index in [0.717, 1.165) is 64.8 Å². The van der Waals surface area contributed by atoms with Crippen LogP contribution in [0.3, 0.4) is 0 Å². The monoisotopic (exact) mass is 428 g/mol. The Morgan fingerprint density at radius 1 is 1.36 bits per heavy atom. The highest BCUT2D eigenvalue weighted by Gasteiger charge is 2.14. The maximum Gasteiger partial charge on any atom is 0.191 e. The summed E-state index contributed by atoms with van der Waals surface area (Å²) in [4.78, 5) is 6.47. The Morgan fingerprint density at radius 2 is 2.14 bits per heavy atom. The number of ether oxygens (including phenoxy) is 2. The third-order valence-corrected chi connectivity index (χ3v) is 3.64. The molecule has 22 heavy (non-hydrogen) atoms. The fourth-order valence-electron chi connectivity index (χ4n) is 2.12. The van der Waals surface area contributed by atoms with E-state index in [-0.39, 0.29) is 24.0 Å². The van der Waals surface area contributed by atoms with E-state index >= 15 is 0 Å². The number of hydrogen-bond acceptors (Lipinski definition) is 4. The van der Waals surface area contributed by atoms with Gasteiger partial charge in [0.1, 0.15) is 0 Å². The van der Waals surface area contributed by atoms with Crippen molar-refractivity contribution in [3.63, 3.8) is 0 Å². The second-order valence-corrected chi connectivity index (χ2v) is 5.39. The molecule has 6 nitrogen and oxygen atoms in total. The third kappa shape index (κ3) is 10.6. The van der Waals surface area contributed by atoms with Gasteiger partial charge in [0, 0.05) is 39.9 Å². The van der Waals surface area contributed by atoms with Gasteiger partial charge in [0.05, 0.1) is 12.7 Å². The Labute approximate surface area is 152 Å². The van der Waals surface area contributed by atoms with Crippen LogP contribution in [0.2, 0.25) is 0 Å². The predicted molar refractivity (Wildman–Crippen MR) is 102 cm³/mol. The fourth-order valence-corrected chi connectivity index (χ4v) is 2.12. The van der Waals surface area contributed by atoms with Crippen LogP contribution in [0.4, 0.5) is 0 Å². The summed E-state index contributed by atoms with van der Waals surface area (Å²) in [6, 6.07) is 0. The molecule has 0 radical (unpaired) electrons. The molecule has 1 heterocycles. The first-order chi connectivity index (χ1) is 10.3. The van der Waals surface area contributed by atoms with Crippen molar-refractivity contribution in [1.82, 2.24) is 15.5 Å². The summed E-state index contributed by atoms with van der Waals surface area (Å²) in [5, 5.41) is 6.61. The minimum absolute atomic E-state index is 0. The van der Waals surface area contributed by atoms with Crippen LogP contribution >= 0.6 is 24.0 Å². The van der Waals surface area contributed by atoms with Crippen molar-refractivity contribution in [2.45, 2.75) is 32.3 Å². The zero-order chi connectivity index (χ0) is 15.3. The van der Waals surface area contributed by atoms with Crippen molar-refractivity contribution >= 4 is 29.9 Å². The minimum Gasteiger partial charge on any atom is -0.379 e. The summed E-state index contributed by atoms with van der Waals surface area (Å²) in [5.74, 6) is 0.860. The van der Waals surface area contributed by atoms with E-state index in [1.165, 1.54) is 6.42 Å². The molecule has 1 aliphatic heterocycles. The molecule has 0 aromatic rings. The molecule has 0 saturated carbocycles. The standard InChI is InChI=1S/C15H32N4O2.HI/c1-4-19(3)10-9-18-15(16-2)17-8-6-11-20-13-14-7-5-12-21-14;/h14H,4-13H2,1-3H3,(H2,16,17,18);1H. The van der Waals surface area contributed by atoms with Gasteiger partial charge in [-0.25, -0.2) is 0 Å². The molecule has 1 unspecified atom stereocenters. The second kappa shape index (κ2) is 14.5. The Kier molecular flexibility index (Phi) is 14.4. The number of hydrogen-bond donors (Lipinski definition) is 2. The van der Waals surface area contributed by atoms with Crippen molar-refractivity contribution in [2.75, 3.05) is 60.1 Å². The van der Waals surface area contributed by atoms with Crippen molar-refractivity contribution in [3.05, 3.63) is 0 Å². The highest BCUT2D eigenvalue weighted by Crippen LogP contribution is 2.11. The fraction of sp³-hybridized carbons (Fsp3) is 0.933. The molecule has 0 aliphatic carbocycles. The summed E-state index contributed by atoms with van der Waals surface area (Å²) >= 11 is 0. The Morgan fingerprint density at radius 3 is 2.77 bits per heavy atom. The van der Waals surface area contributed by atoms with Gasteiger partial charge in [0.25, 0.3) is 0 Å². The average Bonchev–Trinajstić information content (AvgIpc) is 3.01. The van der Waals surface area contributed by atoms with E-state index in [1.54, 1.807) is 7.05 Å². The quantitative estimate of drug-likeness (QED) is 0.238. The molecular weight excluding hydrogens is 395 g/mol. The van der Waals surface area contributed by atoms with Crippen LogP contribution in [0.15, 0.2) is 4.99 Å². The first-order valence-corrected chi connectivity index (χ1v) is 8.08. The summed E-state index contributed by atoms with van der Waals surface area (Å²) in [5.41, 5.74) is 0. The number of nitrogens with zero attached hydrogens (tertiary/aromatic N) is 2. The van der Waals surface area contributed by atoms with Crippen molar-refractivity contribution < 1.29 is 9.47 Å². The van der Waals surface area contributed by atoms with E-state index in [2.05, 4.69) is 34.5 Å². The molecule has 0 spiro atoms. The molecule has 0 aromatic carbocycles. The molecule has 2 N–H and O–H groups in total. The van der Waals surface area contributed by atoms with Crippen LogP contribution in [0.25, 0.3) is 0 Å². The average molecular weight is 428 g/mol. The lowest BCUT2D eigenvalue weighted by atomic mass is 10.2. The minimum atomic E-state index is 0. The van der Waals surface area contributed by atoms with Crippen LogP contribution in [0, 0.1) is 0 Å². The lowest BCUT2D eigenvalue weighted by molar-refractivity contribution is 0.0168. The van der Waals surface area contributed by atoms with Gasteiger partial charge in [-0.2, -0.15) is 0 Å². The number of rotatable bonds is 10. The normalized spacial score (nSPS) is 18.4. The summed E-state index contributed by atoms with van der Waals surface area (Å²) < 4.78 is 11.1. The molecule has 1 fully saturated rings. The first-order valence-electron chi connectivity index (χ1n) is 8.08. The highest BCUT2D eigenvalue weighted by atomic mass is 127. The lowest BCUT2D eigenvalue weighted by Gasteiger charge is -2.16. The highest BCUT2D eigenvalue weighted by molar-refractivity contribution is 14.0. The van der Waals surface area contributed by atoms with Gasteiger partial charge in [0.2, 0.25) is 0 Å². The van der Waals surface area contributed by atoms with Gasteiger partial charge in [0.15, 0.2) is 5.96 Å². The SMILES string of the molecule is CCN(C)CCNC(=NC)NCCCOCC1CCCO1.I. The van der Waals surface area contributed by atoms with E-state index in [9.17, 15) is 0 Å². The van der Waals surface area contributed by atoms with Gasteiger partial charge in [-0.1, -0.05) is 6.92 Å².